The number of hydrogen-bond acceptors (Lipinski definition) is 4. The number of aromatic nitrogens is 3. The largest absolute Gasteiger partial charge is 0.360 e. The van der Waals surface area contributed by atoms with Gasteiger partial charge in [0.1, 0.15) is 17.0 Å². The monoisotopic (exact) mass is 426 g/mol. The molecule has 0 aliphatic rings. The van der Waals surface area contributed by atoms with Crippen LogP contribution < -0.4 is 5.32 Å². The van der Waals surface area contributed by atoms with Gasteiger partial charge in [0.25, 0.3) is 5.91 Å². The van der Waals surface area contributed by atoms with E-state index in [4.69, 9.17) is 27.7 Å². The summed E-state index contributed by atoms with van der Waals surface area (Å²) in [6.07, 6.45) is 1.72. The second-order valence-electron chi connectivity index (χ2n) is 6.45. The molecule has 2 heterocycles. The Morgan fingerprint density at radius 3 is 2.48 bits per heavy atom. The lowest BCUT2D eigenvalue weighted by atomic mass is 10.1. The van der Waals surface area contributed by atoms with Crippen molar-refractivity contribution in [1.29, 1.82) is 0 Å². The summed E-state index contributed by atoms with van der Waals surface area (Å²) in [7, 11) is 0. The number of halogens is 2. The summed E-state index contributed by atoms with van der Waals surface area (Å²) >= 11 is 12.6. The minimum atomic E-state index is -0.371. The summed E-state index contributed by atoms with van der Waals surface area (Å²) in [4.78, 5) is 13.1. The van der Waals surface area contributed by atoms with Gasteiger partial charge in [-0.05, 0) is 50.2 Å². The number of nitrogens with one attached hydrogen (secondary N) is 1. The van der Waals surface area contributed by atoms with Crippen molar-refractivity contribution in [3.05, 3.63) is 81.8 Å². The molecule has 4 rings (SSSR count). The standard InChI is InChI=1S/C21H16Cl2N4O2/c1-12-9-10-24-27(12)15-6-3-5-14(11-15)25-21(28)18-13(2)29-26-20(18)19-16(22)7-4-8-17(19)23/h3-11H,1-2H3,(H,25,28). The molecule has 0 aliphatic carbocycles. The molecular weight excluding hydrogens is 411 g/mol. The third-order valence-corrected chi connectivity index (χ3v) is 5.10. The average molecular weight is 427 g/mol. The summed E-state index contributed by atoms with van der Waals surface area (Å²) in [5.41, 5.74) is 3.47. The van der Waals surface area contributed by atoms with Crippen molar-refractivity contribution in [2.75, 3.05) is 5.32 Å². The van der Waals surface area contributed by atoms with E-state index < -0.39 is 0 Å². The summed E-state index contributed by atoms with van der Waals surface area (Å²) < 4.78 is 7.06. The lowest BCUT2D eigenvalue weighted by Crippen LogP contribution is -2.14. The summed E-state index contributed by atoms with van der Waals surface area (Å²) in [5, 5.41) is 12.0. The van der Waals surface area contributed by atoms with Gasteiger partial charge in [-0.3, -0.25) is 4.79 Å². The number of carbonyl (C=O) groups is 1. The first-order valence-electron chi connectivity index (χ1n) is 8.79. The normalized spacial score (nSPS) is 10.9. The molecule has 0 atom stereocenters. The molecular formula is C21H16Cl2N4O2. The molecule has 6 nitrogen and oxygen atoms in total. The van der Waals surface area contributed by atoms with Crippen LogP contribution in [0.5, 0.6) is 0 Å². The highest BCUT2D eigenvalue weighted by molar-refractivity contribution is 6.39. The molecule has 146 valence electrons. The van der Waals surface area contributed by atoms with Gasteiger partial charge in [0, 0.05) is 23.1 Å². The van der Waals surface area contributed by atoms with E-state index in [1.165, 1.54) is 0 Å². The second-order valence-corrected chi connectivity index (χ2v) is 7.26. The molecule has 0 bridgehead atoms. The van der Waals surface area contributed by atoms with Crippen LogP contribution in [-0.2, 0) is 0 Å². The number of aryl methyl sites for hydroxylation is 2. The maximum absolute atomic E-state index is 13.1. The molecule has 0 saturated carbocycles. The fourth-order valence-electron chi connectivity index (χ4n) is 3.08. The lowest BCUT2D eigenvalue weighted by Gasteiger charge is -2.10. The van der Waals surface area contributed by atoms with Crippen LogP contribution in [-0.4, -0.2) is 20.8 Å². The first kappa shape index (κ1) is 19.2. The number of hydrogen-bond donors (Lipinski definition) is 1. The molecule has 8 heteroatoms. The van der Waals surface area contributed by atoms with Gasteiger partial charge in [-0.2, -0.15) is 5.10 Å². The number of rotatable bonds is 4. The Kier molecular flexibility index (Phi) is 5.13. The molecule has 1 N–H and O–H groups in total. The predicted octanol–water partition coefficient (Wildman–Crippen LogP) is 5.70. The van der Waals surface area contributed by atoms with Gasteiger partial charge in [0.15, 0.2) is 0 Å². The van der Waals surface area contributed by atoms with Crippen LogP contribution in [0.3, 0.4) is 0 Å². The highest BCUT2D eigenvalue weighted by Crippen LogP contribution is 2.37. The van der Waals surface area contributed by atoms with Crippen molar-refractivity contribution < 1.29 is 9.32 Å². The molecule has 2 aromatic heterocycles. The Morgan fingerprint density at radius 2 is 1.79 bits per heavy atom. The molecule has 2 aromatic carbocycles. The van der Waals surface area contributed by atoms with Crippen LogP contribution in [0.2, 0.25) is 10.0 Å². The Balaban J connectivity index is 1.69. The zero-order valence-electron chi connectivity index (χ0n) is 15.6. The average Bonchev–Trinajstić information content (AvgIpc) is 3.27. The third-order valence-electron chi connectivity index (χ3n) is 4.47. The van der Waals surface area contributed by atoms with E-state index in [1.54, 1.807) is 42.1 Å². The Labute approximate surface area is 177 Å². The fraction of sp³-hybridized carbons (Fsp3) is 0.0952. The van der Waals surface area contributed by atoms with Gasteiger partial charge in [0.05, 0.1) is 15.7 Å². The van der Waals surface area contributed by atoms with E-state index in [-0.39, 0.29) is 11.5 Å². The molecule has 0 saturated heterocycles. The third kappa shape index (κ3) is 3.64. The van der Waals surface area contributed by atoms with E-state index in [2.05, 4.69) is 15.6 Å². The van der Waals surface area contributed by atoms with Gasteiger partial charge in [-0.25, -0.2) is 4.68 Å². The quantitative estimate of drug-likeness (QED) is 0.453. The van der Waals surface area contributed by atoms with E-state index in [0.717, 1.165) is 11.4 Å². The van der Waals surface area contributed by atoms with Crippen LogP contribution >= 0.6 is 23.2 Å². The minimum absolute atomic E-state index is 0.278. The highest BCUT2D eigenvalue weighted by Gasteiger charge is 2.25. The highest BCUT2D eigenvalue weighted by atomic mass is 35.5. The van der Waals surface area contributed by atoms with Crippen molar-refractivity contribution in [3.63, 3.8) is 0 Å². The van der Waals surface area contributed by atoms with Crippen LogP contribution in [0.4, 0.5) is 5.69 Å². The Bertz CT molecular complexity index is 1190. The number of carbonyl (C=O) groups excluding carboxylic acids is 1. The maximum Gasteiger partial charge on any atom is 0.261 e. The van der Waals surface area contributed by atoms with Gasteiger partial charge < -0.3 is 9.84 Å². The molecule has 4 aromatic rings. The Hall–Kier alpha value is -3.09. The number of amides is 1. The first-order chi connectivity index (χ1) is 14.0. The van der Waals surface area contributed by atoms with Crippen molar-refractivity contribution in [2.24, 2.45) is 0 Å². The second kappa shape index (κ2) is 7.73. The fourth-order valence-corrected chi connectivity index (χ4v) is 3.66. The van der Waals surface area contributed by atoms with E-state index in [0.29, 0.717) is 32.8 Å². The van der Waals surface area contributed by atoms with Crippen molar-refractivity contribution in [2.45, 2.75) is 13.8 Å². The van der Waals surface area contributed by atoms with Crippen molar-refractivity contribution in [1.82, 2.24) is 14.9 Å². The maximum atomic E-state index is 13.1. The number of nitrogens with zero attached hydrogens (tertiary/aromatic N) is 3. The van der Waals surface area contributed by atoms with Crippen molar-refractivity contribution in [3.8, 4) is 16.9 Å². The first-order valence-corrected chi connectivity index (χ1v) is 9.54. The number of benzene rings is 2. The summed E-state index contributed by atoms with van der Waals surface area (Å²) in [6.45, 7) is 3.62. The van der Waals surface area contributed by atoms with E-state index in [9.17, 15) is 4.79 Å². The molecule has 0 aliphatic heterocycles. The molecule has 1 amide bonds. The van der Waals surface area contributed by atoms with Crippen molar-refractivity contribution >= 4 is 34.8 Å². The zero-order valence-corrected chi connectivity index (χ0v) is 17.1. The molecule has 0 radical (unpaired) electrons. The van der Waals surface area contributed by atoms with Crippen LogP contribution in [0.25, 0.3) is 16.9 Å². The molecule has 0 spiro atoms. The van der Waals surface area contributed by atoms with Gasteiger partial charge in [0.2, 0.25) is 0 Å². The number of anilines is 1. The van der Waals surface area contributed by atoms with Crippen LogP contribution in [0.15, 0.2) is 59.3 Å². The van der Waals surface area contributed by atoms with Gasteiger partial charge in [-0.1, -0.05) is 40.5 Å². The minimum Gasteiger partial charge on any atom is -0.360 e. The predicted molar refractivity (Wildman–Crippen MR) is 113 cm³/mol. The lowest BCUT2D eigenvalue weighted by molar-refractivity contribution is 0.102. The topological polar surface area (TPSA) is 73.0 Å². The summed E-state index contributed by atoms with van der Waals surface area (Å²) in [5.74, 6) is -0.00312. The summed E-state index contributed by atoms with van der Waals surface area (Å²) in [6, 6.07) is 14.4. The van der Waals surface area contributed by atoms with Gasteiger partial charge >= 0.3 is 0 Å². The van der Waals surface area contributed by atoms with Crippen LogP contribution in [0, 0.1) is 13.8 Å². The zero-order chi connectivity index (χ0) is 20.5. The smallest absolute Gasteiger partial charge is 0.261 e. The SMILES string of the molecule is Cc1onc(-c2c(Cl)cccc2Cl)c1C(=O)Nc1cccc(-n2nccc2C)c1. The molecule has 0 fully saturated rings. The Morgan fingerprint density at radius 1 is 1.07 bits per heavy atom. The van der Waals surface area contributed by atoms with E-state index in [1.807, 2.05) is 31.2 Å². The van der Waals surface area contributed by atoms with Crippen LogP contribution in [0.1, 0.15) is 21.8 Å². The van der Waals surface area contributed by atoms with Gasteiger partial charge in [-0.15, -0.1) is 0 Å². The van der Waals surface area contributed by atoms with E-state index >= 15 is 0 Å². The molecule has 29 heavy (non-hydrogen) atoms. The molecule has 0 unspecified atom stereocenters.